The summed E-state index contributed by atoms with van der Waals surface area (Å²) in [4.78, 5) is 11.9. The lowest BCUT2D eigenvalue weighted by Crippen LogP contribution is -2.58. The molecular formula is C33H54O2. The zero-order chi connectivity index (χ0) is 25.6. The Morgan fingerprint density at radius 1 is 0.886 bits per heavy atom. The highest BCUT2D eigenvalue weighted by atomic mass is 16.5. The molecule has 5 aliphatic rings. The van der Waals surface area contributed by atoms with Crippen LogP contribution in [0.25, 0.3) is 0 Å². The lowest BCUT2D eigenvalue weighted by Gasteiger charge is -2.63. The van der Waals surface area contributed by atoms with Crippen molar-refractivity contribution in [2.45, 2.75) is 132 Å². The number of allylic oxidation sites excluding steroid dienone is 1. The number of carbonyl (C=O) groups is 1. The SMILES string of the molecule is C=C(CC[C@@H](C)[C@H]1CC[C@@]2(C)C3CC[C@H]4C(C)(C)C(OC(C)=O)CCC45CC35CCC12C)C(C)C. The molecule has 0 saturated heterocycles. The topological polar surface area (TPSA) is 26.3 Å². The van der Waals surface area contributed by atoms with Gasteiger partial charge in [-0.1, -0.05) is 60.6 Å². The van der Waals surface area contributed by atoms with Gasteiger partial charge in [0.05, 0.1) is 0 Å². The Kier molecular flexibility index (Phi) is 5.98. The van der Waals surface area contributed by atoms with Gasteiger partial charge in [0.1, 0.15) is 6.10 Å². The highest BCUT2D eigenvalue weighted by Gasteiger charge is 2.82. The molecule has 5 unspecified atom stereocenters. The van der Waals surface area contributed by atoms with Crippen molar-refractivity contribution in [1.29, 1.82) is 0 Å². The Morgan fingerprint density at radius 2 is 1.54 bits per heavy atom. The Labute approximate surface area is 216 Å². The number of carbonyl (C=O) groups excluding carboxylic acids is 1. The molecule has 0 bridgehead atoms. The molecule has 5 saturated carbocycles. The average molecular weight is 483 g/mol. The van der Waals surface area contributed by atoms with E-state index in [-0.39, 0.29) is 17.5 Å². The summed E-state index contributed by atoms with van der Waals surface area (Å²) in [6.07, 6.45) is 15.0. The van der Waals surface area contributed by atoms with E-state index in [1.807, 2.05) is 0 Å². The maximum atomic E-state index is 11.9. The minimum absolute atomic E-state index is 0.0951. The Balaban J connectivity index is 1.37. The van der Waals surface area contributed by atoms with Gasteiger partial charge >= 0.3 is 5.97 Å². The van der Waals surface area contributed by atoms with Crippen LogP contribution in [-0.4, -0.2) is 12.1 Å². The van der Waals surface area contributed by atoms with Crippen LogP contribution in [0.15, 0.2) is 12.2 Å². The Bertz CT molecular complexity index is 886. The molecule has 198 valence electrons. The molecule has 2 nitrogen and oxygen atoms in total. The third-order valence-corrected chi connectivity index (χ3v) is 13.8. The van der Waals surface area contributed by atoms with Gasteiger partial charge in [-0.2, -0.15) is 0 Å². The fourth-order valence-electron chi connectivity index (χ4n) is 11.6. The largest absolute Gasteiger partial charge is 0.462 e. The number of hydrogen-bond donors (Lipinski definition) is 0. The Hall–Kier alpha value is -0.790. The van der Waals surface area contributed by atoms with Crippen molar-refractivity contribution in [3.8, 4) is 0 Å². The van der Waals surface area contributed by atoms with Gasteiger partial charge in [0, 0.05) is 12.3 Å². The standard InChI is InChI=1S/C33H54O2/c1-21(2)22(3)10-11-23(4)25-14-16-31(9)27-13-12-26-29(6,7)28(35-24(5)34)15-17-32(26)20-33(27,32)19-18-30(25,31)8/h21,23,25-28H,3,10-20H2,1-2,4-9H3/t23-,25-,26+,27?,28?,30?,31+,32?,33?/m1/s1. The van der Waals surface area contributed by atoms with E-state index in [4.69, 9.17) is 4.74 Å². The van der Waals surface area contributed by atoms with Crippen molar-refractivity contribution in [3.05, 3.63) is 12.2 Å². The first-order valence-electron chi connectivity index (χ1n) is 15.1. The van der Waals surface area contributed by atoms with Crippen LogP contribution in [-0.2, 0) is 9.53 Å². The fourth-order valence-corrected chi connectivity index (χ4v) is 11.6. The van der Waals surface area contributed by atoms with Gasteiger partial charge in [0.15, 0.2) is 0 Å². The van der Waals surface area contributed by atoms with E-state index in [0.29, 0.717) is 27.6 Å². The maximum Gasteiger partial charge on any atom is 0.302 e. The van der Waals surface area contributed by atoms with Crippen LogP contribution in [0.4, 0.5) is 0 Å². The Morgan fingerprint density at radius 3 is 2.20 bits per heavy atom. The van der Waals surface area contributed by atoms with Crippen LogP contribution in [0, 0.1) is 56.7 Å². The third kappa shape index (κ3) is 3.35. The second-order valence-electron chi connectivity index (χ2n) is 15.4. The predicted molar refractivity (Wildman–Crippen MR) is 145 cm³/mol. The van der Waals surface area contributed by atoms with E-state index >= 15 is 0 Å². The molecule has 0 aromatic rings. The lowest BCUT2D eigenvalue weighted by molar-refractivity contribution is -0.181. The molecule has 35 heavy (non-hydrogen) atoms. The minimum Gasteiger partial charge on any atom is -0.462 e. The van der Waals surface area contributed by atoms with E-state index in [1.54, 1.807) is 6.92 Å². The number of esters is 1. The molecule has 9 atom stereocenters. The van der Waals surface area contributed by atoms with Crippen LogP contribution < -0.4 is 0 Å². The van der Waals surface area contributed by atoms with Crippen LogP contribution in [0.2, 0.25) is 0 Å². The van der Waals surface area contributed by atoms with Crippen molar-refractivity contribution in [1.82, 2.24) is 0 Å². The van der Waals surface area contributed by atoms with E-state index in [0.717, 1.165) is 30.1 Å². The summed E-state index contributed by atoms with van der Waals surface area (Å²) in [5.41, 5.74) is 3.63. The van der Waals surface area contributed by atoms with Crippen molar-refractivity contribution >= 4 is 5.97 Å². The molecule has 0 N–H and O–H groups in total. The highest BCUT2D eigenvalue weighted by Crippen LogP contribution is 2.89. The summed E-state index contributed by atoms with van der Waals surface area (Å²) in [5, 5.41) is 0. The summed E-state index contributed by atoms with van der Waals surface area (Å²) >= 11 is 0. The normalized spacial score (nSPS) is 48.3. The first-order chi connectivity index (χ1) is 16.3. The van der Waals surface area contributed by atoms with E-state index in [1.165, 1.54) is 69.8 Å². The van der Waals surface area contributed by atoms with Gasteiger partial charge < -0.3 is 4.74 Å². The second-order valence-corrected chi connectivity index (χ2v) is 15.4. The summed E-state index contributed by atoms with van der Waals surface area (Å²) in [7, 11) is 0. The number of ether oxygens (including phenoxy) is 1. The first-order valence-corrected chi connectivity index (χ1v) is 15.1. The van der Waals surface area contributed by atoms with Crippen molar-refractivity contribution in [3.63, 3.8) is 0 Å². The van der Waals surface area contributed by atoms with Crippen molar-refractivity contribution in [2.24, 2.45) is 56.7 Å². The quantitative estimate of drug-likeness (QED) is 0.279. The molecular weight excluding hydrogens is 428 g/mol. The number of hydrogen-bond acceptors (Lipinski definition) is 2. The molecule has 2 spiro atoms. The predicted octanol–water partition coefficient (Wildman–Crippen LogP) is 8.99. The highest BCUT2D eigenvalue weighted by molar-refractivity contribution is 5.66. The summed E-state index contributed by atoms with van der Waals surface area (Å²) in [5.74, 6) is 3.80. The van der Waals surface area contributed by atoms with E-state index < -0.39 is 0 Å². The molecule has 2 heteroatoms. The summed E-state index contributed by atoms with van der Waals surface area (Å²) in [6.45, 7) is 23.4. The zero-order valence-electron chi connectivity index (χ0n) is 24.3. The molecule has 0 aliphatic heterocycles. The van der Waals surface area contributed by atoms with Crippen LogP contribution in [0.5, 0.6) is 0 Å². The zero-order valence-corrected chi connectivity index (χ0v) is 24.3. The van der Waals surface area contributed by atoms with E-state index in [9.17, 15) is 4.79 Å². The fraction of sp³-hybridized carbons (Fsp3) is 0.909. The van der Waals surface area contributed by atoms with Gasteiger partial charge in [0.25, 0.3) is 0 Å². The maximum absolute atomic E-state index is 11.9. The van der Waals surface area contributed by atoms with Gasteiger partial charge in [-0.3, -0.25) is 4.79 Å². The van der Waals surface area contributed by atoms with Crippen molar-refractivity contribution < 1.29 is 9.53 Å². The van der Waals surface area contributed by atoms with Gasteiger partial charge in [0.2, 0.25) is 0 Å². The molecule has 0 aromatic carbocycles. The average Bonchev–Trinajstić information content (AvgIpc) is 3.36. The molecule has 0 heterocycles. The monoisotopic (exact) mass is 482 g/mol. The van der Waals surface area contributed by atoms with Crippen molar-refractivity contribution in [2.75, 3.05) is 0 Å². The summed E-state index contributed by atoms with van der Waals surface area (Å²) in [6, 6.07) is 0. The van der Waals surface area contributed by atoms with Gasteiger partial charge in [-0.25, -0.2) is 0 Å². The molecule has 0 aromatic heterocycles. The van der Waals surface area contributed by atoms with Gasteiger partial charge in [-0.15, -0.1) is 0 Å². The van der Waals surface area contributed by atoms with E-state index in [2.05, 4.69) is 55.0 Å². The van der Waals surface area contributed by atoms with Crippen LogP contribution >= 0.6 is 0 Å². The third-order valence-electron chi connectivity index (χ3n) is 13.8. The molecule has 5 aliphatic carbocycles. The van der Waals surface area contributed by atoms with Crippen LogP contribution in [0.1, 0.15) is 126 Å². The molecule has 0 amide bonds. The summed E-state index contributed by atoms with van der Waals surface area (Å²) < 4.78 is 5.91. The minimum atomic E-state index is -0.0951. The molecule has 5 rings (SSSR count). The second kappa shape index (κ2) is 8.10. The van der Waals surface area contributed by atoms with Gasteiger partial charge in [-0.05, 0) is 122 Å². The molecule has 0 radical (unpaired) electrons. The van der Waals surface area contributed by atoms with Crippen LogP contribution in [0.3, 0.4) is 0 Å². The number of rotatable bonds is 6. The lowest BCUT2D eigenvalue weighted by atomic mass is 9.41. The molecule has 5 fully saturated rings. The first kappa shape index (κ1) is 25.8. The smallest absolute Gasteiger partial charge is 0.302 e. The number of fused-ring (bicyclic) bond motifs is 2.